The Morgan fingerprint density at radius 3 is 2.81 bits per heavy atom. The Bertz CT molecular complexity index is 476. The van der Waals surface area contributed by atoms with Gasteiger partial charge in [-0.15, -0.1) is 11.8 Å². The van der Waals surface area contributed by atoms with E-state index in [1.165, 1.54) is 0 Å². The van der Waals surface area contributed by atoms with Crippen molar-refractivity contribution < 1.29 is 0 Å². The van der Waals surface area contributed by atoms with Crippen LogP contribution in [0.5, 0.6) is 0 Å². The van der Waals surface area contributed by atoms with Gasteiger partial charge in [-0.3, -0.25) is 0 Å². The molecule has 2 heterocycles. The lowest BCUT2D eigenvalue weighted by Gasteiger charge is -2.01. The van der Waals surface area contributed by atoms with E-state index in [0.717, 1.165) is 20.9 Å². The Hall–Kier alpha value is -0.580. The van der Waals surface area contributed by atoms with Gasteiger partial charge in [-0.2, -0.15) is 0 Å². The quantitative estimate of drug-likeness (QED) is 0.627. The minimum atomic E-state index is 0.530. The van der Waals surface area contributed by atoms with Gasteiger partial charge in [0.15, 0.2) is 0 Å². The molecule has 0 fully saturated rings. The van der Waals surface area contributed by atoms with Gasteiger partial charge in [-0.1, -0.05) is 17.7 Å². The molecule has 2 rings (SSSR count). The number of rotatable bonds is 3. The first-order valence-corrected chi connectivity index (χ1v) is 6.75. The molecule has 0 bridgehead atoms. The summed E-state index contributed by atoms with van der Waals surface area (Å²) in [6, 6.07) is 9.58. The molecule has 0 spiro atoms. The lowest BCUT2D eigenvalue weighted by atomic mass is 10.4. The van der Waals surface area contributed by atoms with Crippen LogP contribution >= 0.6 is 39.3 Å². The number of pyridine rings is 2. The molecule has 16 heavy (non-hydrogen) atoms. The molecular formula is C11H8BrClN2S. The van der Waals surface area contributed by atoms with Gasteiger partial charge in [0.25, 0.3) is 0 Å². The van der Waals surface area contributed by atoms with Crippen LogP contribution in [-0.4, -0.2) is 9.97 Å². The van der Waals surface area contributed by atoms with Crippen LogP contribution in [0, 0.1) is 0 Å². The fraction of sp³-hybridized carbons (Fsp3) is 0.0909. The van der Waals surface area contributed by atoms with Crippen LogP contribution in [0.25, 0.3) is 0 Å². The molecule has 0 aliphatic rings. The highest BCUT2D eigenvalue weighted by atomic mass is 79.9. The van der Waals surface area contributed by atoms with Crippen molar-refractivity contribution >= 4 is 39.3 Å². The second kappa shape index (κ2) is 5.66. The van der Waals surface area contributed by atoms with Crippen molar-refractivity contribution in [3.05, 3.63) is 51.8 Å². The first kappa shape index (κ1) is 11.9. The smallest absolute Gasteiger partial charge is 0.129 e. The van der Waals surface area contributed by atoms with Gasteiger partial charge in [0.05, 0.1) is 10.7 Å². The summed E-state index contributed by atoms with van der Waals surface area (Å²) in [7, 11) is 0. The van der Waals surface area contributed by atoms with E-state index in [2.05, 4.69) is 25.9 Å². The third-order valence-corrected chi connectivity index (χ3v) is 3.50. The van der Waals surface area contributed by atoms with E-state index in [0.29, 0.717) is 5.15 Å². The summed E-state index contributed by atoms with van der Waals surface area (Å²) < 4.78 is 0.984. The summed E-state index contributed by atoms with van der Waals surface area (Å²) in [4.78, 5) is 8.48. The molecule has 0 saturated heterocycles. The van der Waals surface area contributed by atoms with Crippen LogP contribution in [0.15, 0.2) is 46.0 Å². The monoisotopic (exact) mass is 314 g/mol. The number of aromatic nitrogens is 2. The van der Waals surface area contributed by atoms with Gasteiger partial charge in [0.1, 0.15) is 5.15 Å². The number of thioether (sulfide) groups is 1. The molecule has 82 valence electrons. The van der Waals surface area contributed by atoms with Crippen molar-refractivity contribution in [3.8, 4) is 0 Å². The second-order valence-corrected chi connectivity index (χ2v) is 5.35. The second-order valence-electron chi connectivity index (χ2n) is 3.05. The highest BCUT2D eigenvalue weighted by molar-refractivity contribution is 9.10. The van der Waals surface area contributed by atoms with Gasteiger partial charge in [0.2, 0.25) is 0 Å². The third-order valence-electron chi connectivity index (χ3n) is 1.84. The minimum Gasteiger partial charge on any atom is -0.249 e. The van der Waals surface area contributed by atoms with E-state index in [1.807, 2.05) is 24.3 Å². The molecule has 0 aliphatic heterocycles. The molecule has 0 aromatic carbocycles. The zero-order valence-electron chi connectivity index (χ0n) is 8.23. The summed E-state index contributed by atoms with van der Waals surface area (Å²) >= 11 is 10.8. The standard InChI is InChI=1S/C11H8BrClN2S/c12-8-4-5-11(14-6-8)16-7-9-2-1-3-10(13)15-9/h1-6H,7H2. The van der Waals surface area contributed by atoms with E-state index in [1.54, 1.807) is 24.0 Å². The van der Waals surface area contributed by atoms with Gasteiger partial charge in [-0.05, 0) is 40.2 Å². The maximum Gasteiger partial charge on any atom is 0.129 e. The Morgan fingerprint density at radius 1 is 1.25 bits per heavy atom. The van der Waals surface area contributed by atoms with Crippen molar-refractivity contribution in [3.63, 3.8) is 0 Å². The van der Waals surface area contributed by atoms with E-state index < -0.39 is 0 Å². The van der Waals surface area contributed by atoms with E-state index in [4.69, 9.17) is 11.6 Å². The van der Waals surface area contributed by atoms with Crippen molar-refractivity contribution in [2.75, 3.05) is 0 Å². The maximum atomic E-state index is 5.81. The lowest BCUT2D eigenvalue weighted by molar-refractivity contribution is 1.11. The number of halogens is 2. The molecule has 0 radical (unpaired) electrons. The molecule has 2 aromatic rings. The minimum absolute atomic E-state index is 0.530. The number of hydrogen-bond donors (Lipinski definition) is 0. The SMILES string of the molecule is Clc1cccc(CSc2ccc(Br)cn2)n1. The van der Waals surface area contributed by atoms with E-state index in [-0.39, 0.29) is 0 Å². The highest BCUT2D eigenvalue weighted by Crippen LogP contribution is 2.21. The highest BCUT2D eigenvalue weighted by Gasteiger charge is 1.99. The van der Waals surface area contributed by atoms with Crippen LogP contribution in [0.3, 0.4) is 0 Å². The molecule has 2 aromatic heterocycles. The van der Waals surface area contributed by atoms with Crippen molar-refractivity contribution in [2.45, 2.75) is 10.8 Å². The van der Waals surface area contributed by atoms with Crippen LogP contribution in [0.4, 0.5) is 0 Å². The van der Waals surface area contributed by atoms with Crippen LogP contribution in [-0.2, 0) is 5.75 Å². The molecular weight excluding hydrogens is 308 g/mol. The van der Waals surface area contributed by atoms with Crippen molar-refractivity contribution in [2.24, 2.45) is 0 Å². The zero-order chi connectivity index (χ0) is 11.4. The average molecular weight is 316 g/mol. The summed E-state index contributed by atoms with van der Waals surface area (Å²) in [5.41, 5.74) is 0.960. The Labute approximate surface area is 112 Å². The topological polar surface area (TPSA) is 25.8 Å². The normalized spacial score (nSPS) is 10.4. The Kier molecular flexibility index (Phi) is 4.21. The molecule has 2 nitrogen and oxygen atoms in total. The van der Waals surface area contributed by atoms with Gasteiger partial charge in [-0.25, -0.2) is 9.97 Å². The Balaban J connectivity index is 1.99. The van der Waals surface area contributed by atoms with Crippen LogP contribution < -0.4 is 0 Å². The molecule has 0 amide bonds. The average Bonchev–Trinajstić information content (AvgIpc) is 2.28. The van der Waals surface area contributed by atoms with Gasteiger partial charge < -0.3 is 0 Å². The maximum absolute atomic E-state index is 5.81. The van der Waals surface area contributed by atoms with E-state index in [9.17, 15) is 0 Å². The lowest BCUT2D eigenvalue weighted by Crippen LogP contribution is -1.87. The number of hydrogen-bond acceptors (Lipinski definition) is 3. The number of nitrogens with zero attached hydrogens (tertiary/aromatic N) is 2. The van der Waals surface area contributed by atoms with Crippen molar-refractivity contribution in [1.29, 1.82) is 0 Å². The summed E-state index contributed by atoms with van der Waals surface area (Å²) in [6.07, 6.45) is 1.79. The first-order chi connectivity index (χ1) is 7.74. The predicted octanol–water partition coefficient (Wildman–Crippen LogP) is 4.18. The molecule has 0 atom stereocenters. The molecule has 0 N–H and O–H groups in total. The molecule has 0 aliphatic carbocycles. The largest absolute Gasteiger partial charge is 0.249 e. The summed E-state index contributed by atoms with van der Waals surface area (Å²) in [5, 5.41) is 1.51. The Morgan fingerprint density at radius 2 is 2.12 bits per heavy atom. The molecule has 0 saturated carbocycles. The first-order valence-electron chi connectivity index (χ1n) is 4.60. The van der Waals surface area contributed by atoms with Gasteiger partial charge >= 0.3 is 0 Å². The van der Waals surface area contributed by atoms with E-state index >= 15 is 0 Å². The zero-order valence-corrected chi connectivity index (χ0v) is 11.4. The third kappa shape index (κ3) is 3.47. The predicted molar refractivity (Wildman–Crippen MR) is 70.7 cm³/mol. The van der Waals surface area contributed by atoms with Crippen molar-refractivity contribution in [1.82, 2.24) is 9.97 Å². The van der Waals surface area contributed by atoms with Gasteiger partial charge in [0, 0.05) is 16.4 Å². The van der Waals surface area contributed by atoms with Crippen LogP contribution in [0.1, 0.15) is 5.69 Å². The fourth-order valence-electron chi connectivity index (χ4n) is 1.13. The molecule has 5 heteroatoms. The van der Waals surface area contributed by atoms with Crippen LogP contribution in [0.2, 0.25) is 5.15 Å². The fourth-order valence-corrected chi connectivity index (χ4v) is 2.29. The summed E-state index contributed by atoms with van der Waals surface area (Å²) in [6.45, 7) is 0. The molecule has 0 unspecified atom stereocenters. The summed E-state index contributed by atoms with van der Waals surface area (Å²) in [5.74, 6) is 0.773.